The number of aromatic nitrogens is 1. The average Bonchev–Trinajstić information content (AvgIpc) is 3.26. The highest BCUT2D eigenvalue weighted by atomic mass is 35.5. The van der Waals surface area contributed by atoms with E-state index >= 15 is 0 Å². The predicted octanol–water partition coefficient (Wildman–Crippen LogP) is 5.58. The average molecular weight is 485 g/mol. The van der Waals surface area contributed by atoms with Gasteiger partial charge in [0.15, 0.2) is 6.10 Å². The molecule has 0 aliphatic carbocycles. The zero-order valence-electron chi connectivity index (χ0n) is 16.5. The minimum atomic E-state index is -4.67. The monoisotopic (exact) mass is 484 g/mol. The third-order valence-electron chi connectivity index (χ3n) is 4.15. The fourth-order valence-corrected chi connectivity index (χ4v) is 3.27. The van der Waals surface area contributed by atoms with Gasteiger partial charge in [0.2, 0.25) is 0 Å². The van der Waals surface area contributed by atoms with Gasteiger partial charge in [-0.15, -0.1) is 11.3 Å². The van der Waals surface area contributed by atoms with E-state index in [1.807, 2.05) is 5.38 Å². The molecule has 1 atom stereocenters. The fraction of sp³-hybridized carbons (Fsp3) is 0.190. The van der Waals surface area contributed by atoms with Gasteiger partial charge in [-0.3, -0.25) is 4.79 Å². The minimum Gasteiger partial charge on any atom is -0.487 e. The number of anilines is 1. The van der Waals surface area contributed by atoms with E-state index in [4.69, 9.17) is 21.1 Å². The van der Waals surface area contributed by atoms with E-state index in [2.05, 4.69) is 10.3 Å². The summed E-state index contributed by atoms with van der Waals surface area (Å²) in [7, 11) is 0. The number of amides is 1. The van der Waals surface area contributed by atoms with E-state index in [9.17, 15) is 22.8 Å². The number of thiazole rings is 1. The van der Waals surface area contributed by atoms with E-state index in [0.29, 0.717) is 11.8 Å². The molecule has 0 aliphatic rings. The number of hydrogen-bond donors (Lipinski definition) is 1. The molecule has 1 amide bonds. The van der Waals surface area contributed by atoms with Gasteiger partial charge < -0.3 is 14.8 Å². The molecular weight excluding hydrogens is 469 g/mol. The molecule has 0 aliphatic heterocycles. The predicted molar refractivity (Wildman–Crippen MR) is 113 cm³/mol. The van der Waals surface area contributed by atoms with E-state index < -0.39 is 34.7 Å². The molecule has 168 valence electrons. The van der Waals surface area contributed by atoms with Crippen LogP contribution in [0.15, 0.2) is 53.4 Å². The summed E-state index contributed by atoms with van der Waals surface area (Å²) in [5.41, 5.74) is 1.44. The molecule has 11 heteroatoms. The first kappa shape index (κ1) is 23.6. The van der Waals surface area contributed by atoms with Crippen molar-refractivity contribution >= 4 is 40.5 Å². The lowest BCUT2D eigenvalue weighted by Crippen LogP contribution is -2.30. The molecule has 1 unspecified atom stereocenters. The normalized spacial score (nSPS) is 12.2. The molecule has 2 aromatic carbocycles. The molecule has 1 aromatic heterocycles. The van der Waals surface area contributed by atoms with Gasteiger partial charge in [-0.2, -0.15) is 13.2 Å². The maximum absolute atomic E-state index is 13.0. The molecule has 0 saturated heterocycles. The Bertz CT molecular complexity index is 1090. The maximum Gasteiger partial charge on any atom is 0.417 e. The van der Waals surface area contributed by atoms with Gasteiger partial charge in [-0.1, -0.05) is 11.6 Å². The third kappa shape index (κ3) is 6.21. The number of benzene rings is 2. The summed E-state index contributed by atoms with van der Waals surface area (Å²) >= 11 is 7.01. The Hall–Kier alpha value is -3.11. The molecule has 3 rings (SSSR count). The van der Waals surface area contributed by atoms with Crippen LogP contribution in [-0.2, 0) is 22.3 Å². The number of carbonyl (C=O) groups is 2. The van der Waals surface area contributed by atoms with Crippen LogP contribution in [0.25, 0.3) is 0 Å². The molecule has 0 saturated carbocycles. The first-order valence-corrected chi connectivity index (χ1v) is 10.4. The molecule has 32 heavy (non-hydrogen) atoms. The van der Waals surface area contributed by atoms with Crippen molar-refractivity contribution in [2.24, 2.45) is 0 Å². The standard InChI is InChI=1S/C21H16ClF3N2O4S/c1-12(19(28)27-14-4-7-18(22)17(8-14)21(23,24)25)31-20(29)13-2-5-16(6-3-13)30-9-15-10-32-11-26-15/h2-8,10-12H,9H2,1H3,(H,27,28). The van der Waals surface area contributed by atoms with Crippen molar-refractivity contribution in [3.05, 3.63) is 75.2 Å². The summed E-state index contributed by atoms with van der Waals surface area (Å²) < 4.78 is 49.5. The minimum absolute atomic E-state index is 0.128. The number of alkyl halides is 3. The lowest BCUT2D eigenvalue weighted by atomic mass is 10.2. The van der Waals surface area contributed by atoms with Gasteiger partial charge in [0.05, 0.1) is 27.4 Å². The van der Waals surface area contributed by atoms with Crippen molar-refractivity contribution in [2.75, 3.05) is 5.32 Å². The van der Waals surface area contributed by atoms with Crippen molar-refractivity contribution in [2.45, 2.75) is 25.8 Å². The molecule has 0 radical (unpaired) electrons. The summed E-state index contributed by atoms with van der Waals surface area (Å²) in [5.74, 6) is -1.05. The van der Waals surface area contributed by atoms with Crippen LogP contribution in [0, 0.1) is 0 Å². The second-order valence-corrected chi connectivity index (χ2v) is 7.65. The Morgan fingerprint density at radius 1 is 1.19 bits per heavy atom. The van der Waals surface area contributed by atoms with Crippen molar-refractivity contribution in [3.8, 4) is 5.75 Å². The molecule has 3 aromatic rings. The number of nitrogens with zero attached hydrogens (tertiary/aromatic N) is 1. The summed E-state index contributed by atoms with van der Waals surface area (Å²) in [5, 5.41) is 3.64. The van der Waals surface area contributed by atoms with Gasteiger partial charge in [-0.05, 0) is 49.4 Å². The highest BCUT2D eigenvalue weighted by Gasteiger charge is 2.33. The van der Waals surface area contributed by atoms with Crippen LogP contribution in [0.4, 0.5) is 18.9 Å². The summed E-state index contributed by atoms with van der Waals surface area (Å²) in [6, 6.07) is 9.03. The fourth-order valence-electron chi connectivity index (χ4n) is 2.50. The lowest BCUT2D eigenvalue weighted by Gasteiger charge is -2.15. The van der Waals surface area contributed by atoms with Gasteiger partial charge >= 0.3 is 12.1 Å². The number of esters is 1. The van der Waals surface area contributed by atoms with Crippen molar-refractivity contribution in [3.63, 3.8) is 0 Å². The second kappa shape index (κ2) is 10.0. The second-order valence-electron chi connectivity index (χ2n) is 6.52. The van der Waals surface area contributed by atoms with Crippen molar-refractivity contribution in [1.82, 2.24) is 4.98 Å². The van der Waals surface area contributed by atoms with E-state index in [1.165, 1.54) is 36.5 Å². The van der Waals surface area contributed by atoms with Crippen LogP contribution >= 0.6 is 22.9 Å². The van der Waals surface area contributed by atoms with Crippen LogP contribution in [0.2, 0.25) is 5.02 Å². The topological polar surface area (TPSA) is 77.5 Å². The SMILES string of the molecule is CC(OC(=O)c1ccc(OCc2cscn2)cc1)C(=O)Nc1ccc(Cl)c(C(F)(F)F)c1. The van der Waals surface area contributed by atoms with Crippen LogP contribution in [0.1, 0.15) is 28.5 Å². The number of carbonyl (C=O) groups excluding carboxylic acids is 2. The van der Waals surface area contributed by atoms with Gasteiger partial charge in [0, 0.05) is 11.1 Å². The van der Waals surface area contributed by atoms with Crippen LogP contribution in [-0.4, -0.2) is 23.0 Å². The smallest absolute Gasteiger partial charge is 0.417 e. The van der Waals surface area contributed by atoms with E-state index in [0.717, 1.165) is 11.8 Å². The Balaban J connectivity index is 1.56. The highest BCUT2D eigenvalue weighted by molar-refractivity contribution is 7.07. The van der Waals surface area contributed by atoms with E-state index in [-0.39, 0.29) is 17.9 Å². The number of rotatable bonds is 7. The Morgan fingerprint density at radius 2 is 1.91 bits per heavy atom. The Morgan fingerprint density at radius 3 is 2.53 bits per heavy atom. The lowest BCUT2D eigenvalue weighted by molar-refractivity contribution is -0.137. The number of nitrogens with one attached hydrogen (secondary N) is 1. The number of halogens is 4. The van der Waals surface area contributed by atoms with Crippen LogP contribution < -0.4 is 10.1 Å². The maximum atomic E-state index is 13.0. The highest BCUT2D eigenvalue weighted by Crippen LogP contribution is 2.36. The molecule has 0 bridgehead atoms. The van der Waals surface area contributed by atoms with Crippen LogP contribution in [0.5, 0.6) is 5.75 Å². The van der Waals surface area contributed by atoms with Crippen LogP contribution in [0.3, 0.4) is 0 Å². The Kier molecular flexibility index (Phi) is 7.37. The molecule has 0 fully saturated rings. The van der Waals surface area contributed by atoms with Gasteiger partial charge in [0.25, 0.3) is 5.91 Å². The van der Waals surface area contributed by atoms with Crippen molar-refractivity contribution in [1.29, 1.82) is 0 Å². The quantitative estimate of drug-likeness (QED) is 0.443. The summed E-state index contributed by atoms with van der Waals surface area (Å²) in [4.78, 5) is 28.6. The number of ether oxygens (including phenoxy) is 2. The van der Waals surface area contributed by atoms with Gasteiger partial charge in [0.1, 0.15) is 12.4 Å². The van der Waals surface area contributed by atoms with Crippen molar-refractivity contribution < 1.29 is 32.2 Å². The molecule has 1 N–H and O–H groups in total. The number of hydrogen-bond acceptors (Lipinski definition) is 6. The molecule has 1 heterocycles. The molecular formula is C21H16ClF3N2O4S. The largest absolute Gasteiger partial charge is 0.487 e. The molecule has 0 spiro atoms. The van der Waals surface area contributed by atoms with Gasteiger partial charge in [-0.25, -0.2) is 9.78 Å². The summed E-state index contributed by atoms with van der Waals surface area (Å²) in [6.07, 6.45) is -5.93. The summed E-state index contributed by atoms with van der Waals surface area (Å²) in [6.45, 7) is 1.59. The first-order chi connectivity index (χ1) is 15.1. The third-order valence-corrected chi connectivity index (χ3v) is 5.12. The zero-order chi connectivity index (χ0) is 23.3. The molecule has 6 nitrogen and oxygen atoms in total. The first-order valence-electron chi connectivity index (χ1n) is 9.12. The zero-order valence-corrected chi connectivity index (χ0v) is 18.1. The Labute approximate surface area is 189 Å². The van der Waals surface area contributed by atoms with E-state index in [1.54, 1.807) is 17.6 Å².